The van der Waals surface area contributed by atoms with Crippen molar-refractivity contribution in [1.82, 2.24) is 0 Å². The Labute approximate surface area is 127 Å². The van der Waals surface area contributed by atoms with Crippen LogP contribution in [-0.4, -0.2) is 0 Å². The highest BCUT2D eigenvalue weighted by Gasteiger charge is 2.45. The average molecular weight is 277 g/mol. The highest BCUT2D eigenvalue weighted by Crippen LogP contribution is 2.52. The van der Waals surface area contributed by atoms with E-state index in [9.17, 15) is 0 Å². The molecule has 116 valence electrons. The SMILES string of the molecule is CC[C@@H]1C(C=C2CCCCCCCCCCC2)[C@H]1CC. The summed E-state index contributed by atoms with van der Waals surface area (Å²) in [4.78, 5) is 0. The van der Waals surface area contributed by atoms with Crippen LogP contribution in [0, 0.1) is 17.8 Å². The molecular formula is C20H36. The van der Waals surface area contributed by atoms with Gasteiger partial charge >= 0.3 is 0 Å². The highest BCUT2D eigenvalue weighted by molar-refractivity contribution is 5.14. The van der Waals surface area contributed by atoms with Crippen LogP contribution in [-0.2, 0) is 0 Å². The summed E-state index contributed by atoms with van der Waals surface area (Å²) in [5.41, 5.74) is 1.82. The van der Waals surface area contributed by atoms with Gasteiger partial charge in [-0.2, -0.15) is 0 Å². The standard InChI is InChI=1S/C20H36/c1-3-18-19(4-2)20(18)16-17-14-12-10-8-6-5-7-9-11-13-15-17/h16,18-20H,3-15H2,1-2H3/t18-,19-/m0/s1. The van der Waals surface area contributed by atoms with Gasteiger partial charge in [-0.1, -0.05) is 83.3 Å². The van der Waals surface area contributed by atoms with Crippen molar-refractivity contribution in [2.75, 3.05) is 0 Å². The van der Waals surface area contributed by atoms with Crippen LogP contribution in [0.1, 0.15) is 97.3 Å². The fourth-order valence-electron chi connectivity index (χ4n) is 4.38. The molecule has 0 aromatic rings. The van der Waals surface area contributed by atoms with Crippen LogP contribution in [0.5, 0.6) is 0 Å². The largest absolute Gasteiger partial charge is 0.0816 e. The monoisotopic (exact) mass is 276 g/mol. The van der Waals surface area contributed by atoms with Gasteiger partial charge in [0.1, 0.15) is 0 Å². The summed E-state index contributed by atoms with van der Waals surface area (Å²) in [6, 6.07) is 0. The van der Waals surface area contributed by atoms with Gasteiger partial charge in [-0.25, -0.2) is 0 Å². The van der Waals surface area contributed by atoms with Crippen molar-refractivity contribution < 1.29 is 0 Å². The molecule has 2 rings (SSSR count). The normalized spacial score (nSPS) is 33.1. The average Bonchev–Trinajstić information content (AvgIpc) is 3.13. The van der Waals surface area contributed by atoms with Gasteiger partial charge in [0.25, 0.3) is 0 Å². The molecule has 0 amide bonds. The topological polar surface area (TPSA) is 0 Å². The summed E-state index contributed by atoms with van der Waals surface area (Å²) in [6.07, 6.45) is 21.6. The second-order valence-electron chi connectivity index (χ2n) is 7.23. The summed E-state index contributed by atoms with van der Waals surface area (Å²) in [5, 5.41) is 0. The molecule has 20 heavy (non-hydrogen) atoms. The summed E-state index contributed by atoms with van der Waals surface area (Å²) in [7, 11) is 0. The summed E-state index contributed by atoms with van der Waals surface area (Å²) in [5.74, 6) is 3.00. The van der Waals surface area contributed by atoms with Crippen LogP contribution >= 0.6 is 0 Å². The van der Waals surface area contributed by atoms with E-state index in [4.69, 9.17) is 0 Å². The van der Waals surface area contributed by atoms with Gasteiger partial charge < -0.3 is 0 Å². The molecular weight excluding hydrogens is 240 g/mol. The van der Waals surface area contributed by atoms with E-state index in [1.54, 1.807) is 0 Å². The van der Waals surface area contributed by atoms with Gasteiger partial charge in [0, 0.05) is 0 Å². The number of hydrogen-bond acceptors (Lipinski definition) is 0. The molecule has 0 spiro atoms. The molecule has 2 atom stereocenters. The van der Waals surface area contributed by atoms with Crippen molar-refractivity contribution >= 4 is 0 Å². The fourth-order valence-corrected chi connectivity index (χ4v) is 4.38. The van der Waals surface area contributed by atoms with E-state index in [0.29, 0.717) is 0 Å². The van der Waals surface area contributed by atoms with E-state index in [2.05, 4.69) is 19.9 Å². The molecule has 0 nitrogen and oxygen atoms in total. The Bertz CT molecular complexity index is 264. The van der Waals surface area contributed by atoms with Crippen LogP contribution < -0.4 is 0 Å². The van der Waals surface area contributed by atoms with Gasteiger partial charge in [-0.3, -0.25) is 0 Å². The molecule has 0 aromatic heterocycles. The predicted octanol–water partition coefficient (Wildman–Crippen LogP) is 6.90. The molecule has 0 aliphatic heterocycles. The molecule has 2 saturated carbocycles. The van der Waals surface area contributed by atoms with Gasteiger partial charge in [0.05, 0.1) is 0 Å². The summed E-state index contributed by atoms with van der Waals surface area (Å²) < 4.78 is 0. The Hall–Kier alpha value is -0.260. The van der Waals surface area contributed by atoms with Crippen LogP contribution in [0.4, 0.5) is 0 Å². The molecule has 2 aliphatic carbocycles. The van der Waals surface area contributed by atoms with Crippen molar-refractivity contribution in [3.05, 3.63) is 11.6 Å². The lowest BCUT2D eigenvalue weighted by atomic mass is 9.96. The maximum atomic E-state index is 2.73. The Morgan fingerprint density at radius 1 is 0.700 bits per heavy atom. The van der Waals surface area contributed by atoms with Crippen molar-refractivity contribution in [1.29, 1.82) is 0 Å². The van der Waals surface area contributed by atoms with Crippen molar-refractivity contribution in [2.45, 2.75) is 97.3 Å². The van der Waals surface area contributed by atoms with Crippen molar-refractivity contribution in [2.24, 2.45) is 17.8 Å². The zero-order chi connectivity index (χ0) is 14.2. The summed E-state index contributed by atoms with van der Waals surface area (Å²) >= 11 is 0. The van der Waals surface area contributed by atoms with E-state index in [1.165, 1.54) is 83.5 Å². The molecule has 0 unspecified atom stereocenters. The highest BCUT2D eigenvalue weighted by atomic mass is 14.5. The maximum Gasteiger partial charge on any atom is -0.0169 e. The van der Waals surface area contributed by atoms with Gasteiger partial charge in [-0.15, -0.1) is 0 Å². The molecule has 0 saturated heterocycles. The first-order valence-corrected chi connectivity index (χ1v) is 9.56. The first-order chi connectivity index (χ1) is 9.86. The van der Waals surface area contributed by atoms with Gasteiger partial charge in [0.15, 0.2) is 0 Å². The van der Waals surface area contributed by atoms with E-state index in [-0.39, 0.29) is 0 Å². The Balaban J connectivity index is 1.85. The molecule has 2 fully saturated rings. The predicted molar refractivity (Wildman–Crippen MR) is 89.9 cm³/mol. The molecule has 0 heteroatoms. The quantitative estimate of drug-likeness (QED) is 0.492. The van der Waals surface area contributed by atoms with E-state index in [1.807, 2.05) is 5.57 Å². The Kier molecular flexibility index (Phi) is 7.17. The lowest BCUT2D eigenvalue weighted by Crippen LogP contribution is -1.91. The number of allylic oxidation sites excluding steroid dienone is 2. The Morgan fingerprint density at radius 2 is 1.10 bits per heavy atom. The minimum absolute atomic E-state index is 0.952. The zero-order valence-corrected chi connectivity index (χ0v) is 14.0. The fraction of sp³-hybridized carbons (Fsp3) is 0.900. The molecule has 0 radical (unpaired) electrons. The lowest BCUT2D eigenvalue weighted by Gasteiger charge is -2.10. The zero-order valence-electron chi connectivity index (χ0n) is 14.0. The first kappa shape index (κ1) is 16.1. The first-order valence-electron chi connectivity index (χ1n) is 9.56. The van der Waals surface area contributed by atoms with E-state index < -0.39 is 0 Å². The van der Waals surface area contributed by atoms with Crippen LogP contribution in [0.15, 0.2) is 11.6 Å². The van der Waals surface area contributed by atoms with Crippen LogP contribution in [0.3, 0.4) is 0 Å². The lowest BCUT2D eigenvalue weighted by molar-refractivity contribution is 0.538. The van der Waals surface area contributed by atoms with E-state index >= 15 is 0 Å². The second-order valence-corrected chi connectivity index (χ2v) is 7.23. The summed E-state index contributed by atoms with van der Waals surface area (Å²) in [6.45, 7) is 4.76. The van der Waals surface area contributed by atoms with Gasteiger partial charge in [-0.05, 0) is 43.4 Å². The van der Waals surface area contributed by atoms with Gasteiger partial charge in [0.2, 0.25) is 0 Å². The molecule has 0 aromatic carbocycles. The third kappa shape index (κ3) is 4.93. The minimum Gasteiger partial charge on any atom is -0.0816 e. The maximum absolute atomic E-state index is 2.73. The molecule has 0 bridgehead atoms. The molecule has 0 heterocycles. The minimum atomic E-state index is 0.952. The number of rotatable bonds is 3. The number of hydrogen-bond donors (Lipinski definition) is 0. The molecule has 2 aliphatic rings. The molecule has 0 N–H and O–H groups in total. The third-order valence-electron chi connectivity index (χ3n) is 5.76. The van der Waals surface area contributed by atoms with Crippen molar-refractivity contribution in [3.63, 3.8) is 0 Å². The third-order valence-corrected chi connectivity index (χ3v) is 5.76. The second kappa shape index (κ2) is 8.90. The smallest absolute Gasteiger partial charge is 0.0169 e. The van der Waals surface area contributed by atoms with E-state index in [0.717, 1.165) is 17.8 Å². The van der Waals surface area contributed by atoms with Crippen molar-refractivity contribution in [3.8, 4) is 0 Å². The van der Waals surface area contributed by atoms with Crippen LogP contribution in [0.2, 0.25) is 0 Å². The Morgan fingerprint density at radius 3 is 1.50 bits per heavy atom. The van der Waals surface area contributed by atoms with Crippen LogP contribution in [0.25, 0.3) is 0 Å².